The van der Waals surface area contributed by atoms with E-state index >= 15 is 0 Å². The molecule has 0 amide bonds. The maximum absolute atomic E-state index is 14.5. The van der Waals surface area contributed by atoms with Gasteiger partial charge in [0.2, 0.25) is 0 Å². The molecule has 2 aliphatic heterocycles. The molecule has 0 atom stereocenters. The number of rotatable bonds is 3. The molecule has 0 saturated carbocycles. The average molecular weight is 323 g/mol. The van der Waals surface area contributed by atoms with E-state index in [2.05, 4.69) is 18.7 Å². The molecule has 2 aliphatic rings. The van der Waals surface area contributed by atoms with Gasteiger partial charge in [-0.15, -0.1) is 0 Å². The number of morpholine rings is 1. The Hall–Kier alpha value is -1.31. The molecular formula is C16H23BFNO4. The highest BCUT2D eigenvalue weighted by atomic mass is 19.1. The van der Waals surface area contributed by atoms with Gasteiger partial charge in [-0.25, -0.2) is 4.39 Å². The fraction of sp³-hybridized carbons (Fsp3) is 0.625. The van der Waals surface area contributed by atoms with E-state index in [1.54, 1.807) is 0 Å². The maximum Gasteiger partial charge on any atom is 0.497 e. The molecule has 0 unspecified atom stereocenters. The Kier molecular flexibility index (Phi) is 4.80. The van der Waals surface area contributed by atoms with Gasteiger partial charge in [0.1, 0.15) is 0 Å². The average Bonchev–Trinajstić information content (AvgIpc) is 2.55. The smallest absolute Gasteiger partial charge is 0.494 e. The van der Waals surface area contributed by atoms with Gasteiger partial charge >= 0.3 is 7.12 Å². The van der Waals surface area contributed by atoms with Crippen molar-refractivity contribution >= 4 is 18.3 Å². The fourth-order valence-corrected chi connectivity index (χ4v) is 2.87. The molecule has 5 nitrogen and oxygen atoms in total. The quantitative estimate of drug-likeness (QED) is 0.787. The van der Waals surface area contributed by atoms with Crippen LogP contribution in [0, 0.1) is 11.2 Å². The normalized spacial score (nSPS) is 21.4. The van der Waals surface area contributed by atoms with Gasteiger partial charge < -0.3 is 23.7 Å². The van der Waals surface area contributed by atoms with Crippen molar-refractivity contribution in [2.75, 3.05) is 51.5 Å². The Morgan fingerprint density at radius 3 is 2.43 bits per heavy atom. The molecule has 126 valence electrons. The van der Waals surface area contributed by atoms with Crippen LogP contribution >= 0.6 is 0 Å². The molecule has 0 aromatic heterocycles. The molecule has 23 heavy (non-hydrogen) atoms. The van der Waals surface area contributed by atoms with Gasteiger partial charge in [0, 0.05) is 48.9 Å². The highest BCUT2D eigenvalue weighted by Crippen LogP contribution is 2.27. The van der Waals surface area contributed by atoms with Crippen molar-refractivity contribution in [1.82, 2.24) is 0 Å². The predicted molar refractivity (Wildman–Crippen MR) is 87.1 cm³/mol. The Morgan fingerprint density at radius 2 is 1.83 bits per heavy atom. The van der Waals surface area contributed by atoms with Crippen LogP contribution < -0.4 is 15.1 Å². The summed E-state index contributed by atoms with van der Waals surface area (Å²) in [7, 11) is 0.858. The Balaban J connectivity index is 1.89. The number of hydrogen-bond donors (Lipinski definition) is 0. The van der Waals surface area contributed by atoms with Crippen molar-refractivity contribution in [3.8, 4) is 5.75 Å². The fourth-order valence-electron chi connectivity index (χ4n) is 2.87. The SMILES string of the molecule is COc1c(F)cc(N2CCOCC2)cc1B1OCC(C)(C)CO1. The van der Waals surface area contributed by atoms with Crippen molar-refractivity contribution < 1.29 is 23.2 Å². The summed E-state index contributed by atoms with van der Waals surface area (Å²) in [6.45, 7) is 8.04. The van der Waals surface area contributed by atoms with Gasteiger partial charge in [0.15, 0.2) is 11.6 Å². The van der Waals surface area contributed by atoms with Crippen molar-refractivity contribution in [3.63, 3.8) is 0 Å². The van der Waals surface area contributed by atoms with Crippen molar-refractivity contribution in [3.05, 3.63) is 17.9 Å². The summed E-state index contributed by atoms with van der Waals surface area (Å²) in [6, 6.07) is 3.40. The number of hydrogen-bond acceptors (Lipinski definition) is 5. The summed E-state index contributed by atoms with van der Waals surface area (Å²) in [6.07, 6.45) is 0. The number of methoxy groups -OCH3 is 1. The van der Waals surface area contributed by atoms with Gasteiger partial charge in [0.25, 0.3) is 0 Å². The van der Waals surface area contributed by atoms with Crippen LogP contribution in [-0.4, -0.2) is 53.7 Å². The summed E-state index contributed by atoms with van der Waals surface area (Å²) in [4.78, 5) is 2.10. The zero-order valence-electron chi connectivity index (χ0n) is 13.9. The van der Waals surface area contributed by atoms with Crippen LogP contribution in [0.4, 0.5) is 10.1 Å². The molecule has 0 spiro atoms. The minimum atomic E-state index is -0.603. The summed E-state index contributed by atoms with van der Waals surface area (Å²) < 4.78 is 36.7. The lowest BCUT2D eigenvalue weighted by Gasteiger charge is -2.34. The summed E-state index contributed by atoms with van der Waals surface area (Å²) in [5.41, 5.74) is 1.37. The van der Waals surface area contributed by atoms with Crippen LogP contribution in [0.5, 0.6) is 5.75 Å². The monoisotopic (exact) mass is 323 g/mol. The van der Waals surface area contributed by atoms with Crippen molar-refractivity contribution in [2.45, 2.75) is 13.8 Å². The van der Waals surface area contributed by atoms with Crippen LogP contribution in [-0.2, 0) is 14.0 Å². The van der Waals surface area contributed by atoms with E-state index in [0.29, 0.717) is 31.9 Å². The summed E-state index contributed by atoms with van der Waals surface area (Å²) in [5, 5.41) is 0. The predicted octanol–water partition coefficient (Wildman–Crippen LogP) is 1.44. The lowest BCUT2D eigenvalue weighted by atomic mass is 9.75. The first kappa shape index (κ1) is 16.5. The van der Waals surface area contributed by atoms with Crippen LogP contribution in [0.3, 0.4) is 0 Å². The van der Waals surface area contributed by atoms with Crippen LogP contribution in [0.2, 0.25) is 0 Å². The molecule has 2 saturated heterocycles. The zero-order valence-corrected chi connectivity index (χ0v) is 13.9. The van der Waals surface area contributed by atoms with E-state index < -0.39 is 12.9 Å². The van der Waals surface area contributed by atoms with Gasteiger partial charge in [-0.2, -0.15) is 0 Å². The Bertz CT molecular complexity index is 553. The van der Waals surface area contributed by atoms with Crippen LogP contribution in [0.1, 0.15) is 13.8 Å². The molecule has 0 aliphatic carbocycles. The number of nitrogens with zero attached hydrogens (tertiary/aromatic N) is 1. The number of benzene rings is 1. The molecule has 1 aromatic carbocycles. The lowest BCUT2D eigenvalue weighted by Crippen LogP contribution is -2.48. The molecule has 0 N–H and O–H groups in total. The van der Waals surface area contributed by atoms with E-state index in [1.807, 2.05) is 6.07 Å². The van der Waals surface area contributed by atoms with E-state index in [-0.39, 0.29) is 11.2 Å². The third-order valence-corrected chi connectivity index (χ3v) is 4.14. The molecular weight excluding hydrogens is 300 g/mol. The second-order valence-corrected chi connectivity index (χ2v) is 6.77. The molecule has 1 aromatic rings. The van der Waals surface area contributed by atoms with Crippen molar-refractivity contribution in [2.24, 2.45) is 5.41 Å². The first-order valence-corrected chi connectivity index (χ1v) is 7.93. The van der Waals surface area contributed by atoms with Crippen LogP contribution in [0.15, 0.2) is 12.1 Å². The van der Waals surface area contributed by atoms with E-state index in [4.69, 9.17) is 18.8 Å². The van der Waals surface area contributed by atoms with E-state index in [1.165, 1.54) is 13.2 Å². The lowest BCUT2D eigenvalue weighted by molar-refractivity contribution is 0.0341. The topological polar surface area (TPSA) is 40.2 Å². The molecule has 2 heterocycles. The number of ether oxygens (including phenoxy) is 2. The number of halogens is 1. The Morgan fingerprint density at radius 1 is 1.17 bits per heavy atom. The van der Waals surface area contributed by atoms with E-state index in [9.17, 15) is 4.39 Å². The van der Waals surface area contributed by atoms with Gasteiger partial charge in [-0.1, -0.05) is 13.8 Å². The minimum Gasteiger partial charge on any atom is -0.494 e. The first-order valence-electron chi connectivity index (χ1n) is 7.93. The van der Waals surface area contributed by atoms with Crippen LogP contribution in [0.25, 0.3) is 0 Å². The molecule has 7 heteroatoms. The largest absolute Gasteiger partial charge is 0.497 e. The Labute approximate surface area is 136 Å². The van der Waals surface area contributed by atoms with Crippen molar-refractivity contribution in [1.29, 1.82) is 0 Å². The molecule has 0 radical (unpaired) electrons. The van der Waals surface area contributed by atoms with E-state index in [0.717, 1.165) is 18.8 Å². The number of anilines is 1. The highest BCUT2D eigenvalue weighted by Gasteiger charge is 2.36. The zero-order chi connectivity index (χ0) is 16.4. The van der Waals surface area contributed by atoms with Gasteiger partial charge in [0.05, 0.1) is 20.3 Å². The summed E-state index contributed by atoms with van der Waals surface area (Å²) in [5.74, 6) is -0.213. The third-order valence-electron chi connectivity index (χ3n) is 4.14. The first-order chi connectivity index (χ1) is 11.0. The molecule has 0 bridgehead atoms. The second-order valence-electron chi connectivity index (χ2n) is 6.77. The minimum absolute atomic E-state index is 0.0376. The standard InChI is InChI=1S/C16H23BFNO4/c1-16(2)10-22-17(23-11-16)13-8-12(9-14(18)15(13)20-3)19-4-6-21-7-5-19/h8-9H,4-7,10-11H2,1-3H3. The summed E-state index contributed by atoms with van der Waals surface area (Å²) >= 11 is 0. The maximum atomic E-state index is 14.5. The second kappa shape index (κ2) is 6.67. The third kappa shape index (κ3) is 3.62. The molecule has 3 rings (SSSR count). The highest BCUT2D eigenvalue weighted by molar-refractivity contribution is 6.62. The van der Waals surface area contributed by atoms with Gasteiger partial charge in [-0.05, 0) is 6.07 Å². The molecule has 2 fully saturated rings. The van der Waals surface area contributed by atoms with Gasteiger partial charge in [-0.3, -0.25) is 0 Å².